The number of para-hydroxylation sites is 1. The summed E-state index contributed by atoms with van der Waals surface area (Å²) < 4.78 is 21.8. The quantitative estimate of drug-likeness (QED) is 0.595. The molecule has 1 aromatic rings. The van der Waals surface area contributed by atoms with Crippen molar-refractivity contribution in [3.8, 4) is 5.75 Å². The lowest BCUT2D eigenvalue weighted by atomic mass is 9.88. The molecule has 1 saturated carbocycles. The molecule has 184 valence electrons. The van der Waals surface area contributed by atoms with Gasteiger partial charge in [0, 0.05) is 19.0 Å². The number of hydrogen-bond donors (Lipinski definition) is 0. The largest absolute Gasteiger partial charge is 0.496 e. The van der Waals surface area contributed by atoms with E-state index in [0.717, 1.165) is 5.56 Å². The summed E-state index contributed by atoms with van der Waals surface area (Å²) in [5.74, 6) is -0.317. The molecule has 1 aromatic carbocycles. The standard InChI is InChI=1S/C21H31NO5.C5H8O/c1-20(2,3)26-18(23)16-13-22(19(24)27-21(4,5)6)12-15(16)14-10-8-9-11-17(14)25-7;1-2-5-3-4(1)6-5/h8-11,15-16H,12-13H2,1-7H3;4-5H,1-3H2. The number of methoxy groups -OCH3 is 1. The number of rotatable bonds is 3. The molecule has 1 aliphatic carbocycles. The van der Waals surface area contributed by atoms with Gasteiger partial charge in [0.25, 0.3) is 0 Å². The molecule has 3 saturated heterocycles. The van der Waals surface area contributed by atoms with E-state index in [1.165, 1.54) is 19.3 Å². The highest BCUT2D eigenvalue weighted by Crippen LogP contribution is 2.39. The average Bonchev–Trinajstić information content (AvgIpc) is 3.41. The van der Waals surface area contributed by atoms with Crippen molar-refractivity contribution in [3.63, 3.8) is 0 Å². The summed E-state index contributed by atoms with van der Waals surface area (Å²) in [6, 6.07) is 7.57. The summed E-state index contributed by atoms with van der Waals surface area (Å²) in [7, 11) is 1.60. The van der Waals surface area contributed by atoms with Crippen molar-refractivity contribution >= 4 is 12.1 Å². The number of carbonyl (C=O) groups is 2. The van der Waals surface area contributed by atoms with Crippen LogP contribution in [0.15, 0.2) is 24.3 Å². The number of hydrogen-bond acceptors (Lipinski definition) is 6. The summed E-state index contributed by atoms with van der Waals surface area (Å²) in [6.45, 7) is 11.6. The third-order valence-corrected chi connectivity index (χ3v) is 5.94. The van der Waals surface area contributed by atoms with Crippen LogP contribution in [0, 0.1) is 5.92 Å². The van der Waals surface area contributed by atoms with Gasteiger partial charge in [0.1, 0.15) is 17.0 Å². The molecule has 0 radical (unpaired) electrons. The maximum Gasteiger partial charge on any atom is 0.410 e. The zero-order valence-electron chi connectivity index (χ0n) is 21.1. The SMILES string of the molecule is C1CC2CC1O2.COc1ccccc1C1CN(C(=O)OC(C)(C)C)CC1C(=O)OC(C)(C)C. The van der Waals surface area contributed by atoms with Gasteiger partial charge in [0.15, 0.2) is 0 Å². The van der Waals surface area contributed by atoms with Gasteiger partial charge < -0.3 is 23.8 Å². The second-order valence-electron chi connectivity index (χ2n) is 11.1. The van der Waals surface area contributed by atoms with Crippen LogP contribution in [-0.4, -0.2) is 60.6 Å². The molecule has 0 N–H and O–H groups in total. The molecule has 3 heterocycles. The Labute approximate surface area is 197 Å². The van der Waals surface area contributed by atoms with Crippen molar-refractivity contribution in [2.24, 2.45) is 5.92 Å². The van der Waals surface area contributed by atoms with Crippen LogP contribution in [0.3, 0.4) is 0 Å². The van der Waals surface area contributed by atoms with Crippen molar-refractivity contribution in [3.05, 3.63) is 29.8 Å². The summed E-state index contributed by atoms with van der Waals surface area (Å²) in [4.78, 5) is 27.0. The number of likely N-dealkylation sites (tertiary alicyclic amines) is 1. The Balaban J connectivity index is 0.000000431. The first kappa shape index (κ1) is 25.3. The maximum absolute atomic E-state index is 12.9. The van der Waals surface area contributed by atoms with Crippen LogP contribution < -0.4 is 4.74 Å². The van der Waals surface area contributed by atoms with Crippen LogP contribution >= 0.6 is 0 Å². The van der Waals surface area contributed by atoms with Crippen LogP contribution in [0.5, 0.6) is 5.75 Å². The van der Waals surface area contributed by atoms with Crippen LogP contribution in [0.1, 0.15) is 72.3 Å². The molecule has 4 atom stereocenters. The van der Waals surface area contributed by atoms with E-state index in [1.807, 2.05) is 65.8 Å². The molecule has 2 bridgehead atoms. The highest BCUT2D eigenvalue weighted by atomic mass is 16.6. The van der Waals surface area contributed by atoms with Crippen LogP contribution in [0.4, 0.5) is 4.79 Å². The number of ether oxygens (including phenoxy) is 4. The van der Waals surface area contributed by atoms with Gasteiger partial charge >= 0.3 is 12.1 Å². The molecule has 3 aliphatic heterocycles. The summed E-state index contributed by atoms with van der Waals surface area (Å²) >= 11 is 0. The first-order valence-corrected chi connectivity index (χ1v) is 11.9. The fourth-order valence-corrected chi connectivity index (χ4v) is 4.48. The summed E-state index contributed by atoms with van der Waals surface area (Å²) in [6.07, 6.45) is 4.99. The third-order valence-electron chi connectivity index (χ3n) is 5.94. The van der Waals surface area contributed by atoms with Gasteiger partial charge in [0.2, 0.25) is 0 Å². The molecule has 7 heteroatoms. The molecule has 1 amide bonds. The second kappa shape index (κ2) is 9.92. The Morgan fingerprint density at radius 2 is 1.52 bits per heavy atom. The van der Waals surface area contributed by atoms with E-state index >= 15 is 0 Å². The van der Waals surface area contributed by atoms with Gasteiger partial charge in [0.05, 0.1) is 25.2 Å². The van der Waals surface area contributed by atoms with Gasteiger partial charge in [-0.2, -0.15) is 0 Å². The Hall–Kier alpha value is -2.28. The zero-order chi connectivity index (χ0) is 24.4. The van der Waals surface area contributed by atoms with Crippen molar-refractivity contribution in [1.29, 1.82) is 0 Å². The molecule has 33 heavy (non-hydrogen) atoms. The summed E-state index contributed by atoms with van der Waals surface area (Å²) in [5.41, 5.74) is -0.301. The van der Waals surface area contributed by atoms with E-state index in [0.29, 0.717) is 24.5 Å². The minimum absolute atomic E-state index is 0.219. The fourth-order valence-electron chi connectivity index (χ4n) is 4.48. The predicted molar refractivity (Wildman–Crippen MR) is 125 cm³/mol. The molecule has 4 unspecified atom stereocenters. The Bertz CT molecular complexity index is 820. The molecule has 0 spiro atoms. The maximum atomic E-state index is 12.9. The van der Waals surface area contributed by atoms with E-state index in [4.69, 9.17) is 18.9 Å². The number of nitrogens with zero attached hydrogens (tertiary/aromatic N) is 1. The first-order chi connectivity index (χ1) is 15.4. The smallest absolute Gasteiger partial charge is 0.410 e. The van der Waals surface area contributed by atoms with Gasteiger partial charge in [-0.05, 0) is 72.4 Å². The van der Waals surface area contributed by atoms with Crippen molar-refractivity contribution in [2.75, 3.05) is 20.2 Å². The minimum atomic E-state index is -0.596. The lowest BCUT2D eigenvalue weighted by Crippen LogP contribution is -2.36. The van der Waals surface area contributed by atoms with Gasteiger partial charge in [-0.15, -0.1) is 0 Å². The Kier molecular flexibility index (Phi) is 7.62. The van der Waals surface area contributed by atoms with Crippen LogP contribution in [0.2, 0.25) is 0 Å². The first-order valence-electron chi connectivity index (χ1n) is 11.9. The molecule has 4 aliphatic rings. The number of amides is 1. The van der Waals surface area contributed by atoms with E-state index < -0.39 is 23.2 Å². The molecular formula is C26H39NO6. The topological polar surface area (TPSA) is 74.3 Å². The van der Waals surface area contributed by atoms with Crippen LogP contribution in [0.25, 0.3) is 0 Å². The second-order valence-corrected chi connectivity index (χ2v) is 11.1. The Morgan fingerprint density at radius 1 is 0.939 bits per heavy atom. The van der Waals surface area contributed by atoms with Crippen molar-refractivity contribution < 1.29 is 28.5 Å². The monoisotopic (exact) mass is 461 g/mol. The number of esters is 1. The lowest BCUT2D eigenvalue weighted by molar-refractivity contribution is -0.159. The number of benzene rings is 1. The van der Waals surface area contributed by atoms with Gasteiger partial charge in [-0.25, -0.2) is 4.79 Å². The third kappa shape index (κ3) is 6.85. The molecule has 7 nitrogen and oxygen atoms in total. The van der Waals surface area contributed by atoms with Gasteiger partial charge in [-0.3, -0.25) is 4.79 Å². The average molecular weight is 462 g/mol. The lowest BCUT2D eigenvalue weighted by Gasteiger charge is -2.25. The molecular weight excluding hydrogens is 422 g/mol. The van der Waals surface area contributed by atoms with Crippen LogP contribution in [-0.2, 0) is 19.0 Å². The highest BCUT2D eigenvalue weighted by molar-refractivity contribution is 5.78. The number of fused-ring (bicyclic) bond motifs is 1. The minimum Gasteiger partial charge on any atom is -0.496 e. The molecule has 5 rings (SSSR count). The predicted octanol–water partition coefficient (Wildman–Crippen LogP) is 4.93. The van der Waals surface area contributed by atoms with Crippen molar-refractivity contribution in [2.45, 2.75) is 90.1 Å². The van der Waals surface area contributed by atoms with E-state index in [2.05, 4.69) is 0 Å². The van der Waals surface area contributed by atoms with Crippen molar-refractivity contribution in [1.82, 2.24) is 4.90 Å². The van der Waals surface area contributed by atoms with E-state index in [9.17, 15) is 9.59 Å². The number of carbonyl (C=O) groups excluding carboxylic acids is 2. The van der Waals surface area contributed by atoms with Gasteiger partial charge in [-0.1, -0.05) is 18.2 Å². The molecule has 4 fully saturated rings. The van der Waals surface area contributed by atoms with E-state index in [-0.39, 0.29) is 18.4 Å². The normalized spacial score (nSPS) is 26.1. The zero-order valence-corrected chi connectivity index (χ0v) is 21.1. The highest BCUT2D eigenvalue weighted by Gasteiger charge is 2.44. The summed E-state index contributed by atoms with van der Waals surface area (Å²) in [5, 5.41) is 0. The Morgan fingerprint density at radius 3 is 2.00 bits per heavy atom. The molecule has 0 aromatic heterocycles. The fraction of sp³-hybridized carbons (Fsp3) is 0.692. The van der Waals surface area contributed by atoms with E-state index in [1.54, 1.807) is 12.0 Å².